The molecular formula is C27H22N2OS. The van der Waals surface area contributed by atoms with Crippen LogP contribution in [0.25, 0.3) is 27.4 Å². The van der Waals surface area contributed by atoms with Crippen LogP contribution in [-0.2, 0) is 12.2 Å². The zero-order valence-corrected chi connectivity index (χ0v) is 18.1. The summed E-state index contributed by atoms with van der Waals surface area (Å²) in [6.07, 6.45) is 0.966. The topological polar surface area (TPSA) is 34.9 Å². The van der Waals surface area contributed by atoms with Crippen molar-refractivity contribution in [3.63, 3.8) is 0 Å². The average molecular weight is 423 g/mol. The summed E-state index contributed by atoms with van der Waals surface area (Å²) in [4.78, 5) is 18.3. The zero-order valence-electron chi connectivity index (χ0n) is 17.3. The summed E-state index contributed by atoms with van der Waals surface area (Å²) in [6.45, 7) is 2.13. The fraction of sp³-hybridized carbons (Fsp3) is 0.111. The molecule has 1 heterocycles. The molecule has 0 N–H and O–H groups in total. The first-order valence-corrected chi connectivity index (χ1v) is 11.4. The van der Waals surface area contributed by atoms with E-state index in [2.05, 4.69) is 61.5 Å². The number of rotatable bonds is 5. The molecule has 0 amide bonds. The minimum Gasteiger partial charge on any atom is -0.268 e. The van der Waals surface area contributed by atoms with E-state index >= 15 is 0 Å². The molecule has 1 aromatic heterocycles. The van der Waals surface area contributed by atoms with E-state index in [4.69, 9.17) is 4.98 Å². The van der Waals surface area contributed by atoms with Crippen LogP contribution >= 0.6 is 11.8 Å². The van der Waals surface area contributed by atoms with E-state index in [0.717, 1.165) is 23.4 Å². The van der Waals surface area contributed by atoms with Crippen LogP contribution in [0.2, 0.25) is 0 Å². The van der Waals surface area contributed by atoms with Gasteiger partial charge < -0.3 is 0 Å². The molecule has 0 radical (unpaired) electrons. The predicted octanol–water partition coefficient (Wildman–Crippen LogP) is 6.39. The van der Waals surface area contributed by atoms with Gasteiger partial charge >= 0.3 is 0 Å². The Hall–Kier alpha value is -3.37. The molecule has 5 rings (SSSR count). The van der Waals surface area contributed by atoms with Crippen LogP contribution in [0.3, 0.4) is 0 Å². The maximum Gasteiger partial charge on any atom is 0.266 e. The largest absolute Gasteiger partial charge is 0.268 e. The van der Waals surface area contributed by atoms with Gasteiger partial charge in [0.1, 0.15) is 0 Å². The molecule has 0 saturated heterocycles. The van der Waals surface area contributed by atoms with Gasteiger partial charge in [0.15, 0.2) is 5.16 Å². The lowest BCUT2D eigenvalue weighted by molar-refractivity contribution is 0.819. The lowest BCUT2D eigenvalue weighted by Crippen LogP contribution is -2.21. The predicted molar refractivity (Wildman–Crippen MR) is 130 cm³/mol. The monoisotopic (exact) mass is 422 g/mol. The van der Waals surface area contributed by atoms with Crippen LogP contribution in [0.5, 0.6) is 0 Å². The summed E-state index contributed by atoms with van der Waals surface area (Å²) in [5.74, 6) is 0.735. The van der Waals surface area contributed by atoms with Gasteiger partial charge in [0, 0.05) is 5.75 Å². The van der Waals surface area contributed by atoms with E-state index in [0.29, 0.717) is 10.5 Å². The quantitative estimate of drug-likeness (QED) is 0.243. The first kappa shape index (κ1) is 19.6. The van der Waals surface area contributed by atoms with E-state index in [1.165, 1.54) is 21.9 Å². The number of aromatic nitrogens is 2. The Morgan fingerprint density at radius 1 is 0.806 bits per heavy atom. The molecule has 0 aliphatic rings. The number of hydrogen-bond donors (Lipinski definition) is 0. The first-order chi connectivity index (χ1) is 15.2. The number of benzene rings is 4. The van der Waals surface area contributed by atoms with Gasteiger partial charge in [-0.15, -0.1) is 0 Å². The number of aryl methyl sites for hydroxylation is 1. The molecule has 0 atom stereocenters. The van der Waals surface area contributed by atoms with E-state index in [1.54, 1.807) is 16.3 Å². The van der Waals surface area contributed by atoms with Crippen molar-refractivity contribution in [1.82, 2.24) is 9.55 Å². The second-order valence-corrected chi connectivity index (χ2v) is 8.44. The summed E-state index contributed by atoms with van der Waals surface area (Å²) in [7, 11) is 0. The molecule has 3 nitrogen and oxygen atoms in total. The Balaban J connectivity index is 1.62. The average Bonchev–Trinajstić information content (AvgIpc) is 2.83. The Morgan fingerprint density at radius 2 is 1.52 bits per heavy atom. The van der Waals surface area contributed by atoms with Gasteiger partial charge in [-0.25, -0.2) is 4.98 Å². The third-order valence-corrected chi connectivity index (χ3v) is 6.57. The molecule has 0 aliphatic carbocycles. The van der Waals surface area contributed by atoms with Gasteiger partial charge in [-0.3, -0.25) is 9.36 Å². The third-order valence-electron chi connectivity index (χ3n) is 5.58. The Kier molecular flexibility index (Phi) is 5.31. The SMILES string of the molecule is CCc1ccc(-n2c(SCc3cccc4ccccc34)nc3ccccc3c2=O)cc1. The van der Waals surface area contributed by atoms with Crippen LogP contribution < -0.4 is 5.56 Å². The van der Waals surface area contributed by atoms with Crippen molar-refractivity contribution in [1.29, 1.82) is 0 Å². The second-order valence-electron chi connectivity index (χ2n) is 7.50. The molecule has 0 saturated carbocycles. The number of para-hydroxylation sites is 1. The minimum absolute atomic E-state index is 0.0322. The number of fused-ring (bicyclic) bond motifs is 2. The van der Waals surface area contributed by atoms with Gasteiger partial charge in [-0.1, -0.05) is 85.4 Å². The van der Waals surface area contributed by atoms with Crippen molar-refractivity contribution in [2.75, 3.05) is 0 Å². The van der Waals surface area contributed by atoms with Gasteiger partial charge in [0.2, 0.25) is 0 Å². The lowest BCUT2D eigenvalue weighted by atomic mass is 10.1. The molecule has 0 unspecified atom stereocenters. The molecule has 0 fully saturated rings. The van der Waals surface area contributed by atoms with Crippen LogP contribution in [-0.4, -0.2) is 9.55 Å². The lowest BCUT2D eigenvalue weighted by Gasteiger charge is -2.14. The fourth-order valence-corrected chi connectivity index (χ4v) is 4.89. The van der Waals surface area contributed by atoms with Crippen molar-refractivity contribution < 1.29 is 0 Å². The smallest absolute Gasteiger partial charge is 0.266 e. The highest BCUT2D eigenvalue weighted by Gasteiger charge is 2.14. The maximum absolute atomic E-state index is 13.4. The van der Waals surface area contributed by atoms with E-state index in [9.17, 15) is 4.79 Å². The minimum atomic E-state index is -0.0322. The number of thioether (sulfide) groups is 1. The van der Waals surface area contributed by atoms with Crippen molar-refractivity contribution >= 4 is 33.4 Å². The summed E-state index contributed by atoms with van der Waals surface area (Å²) in [5.41, 5.74) is 4.03. The zero-order chi connectivity index (χ0) is 21.2. The Bertz CT molecular complexity index is 1430. The molecular weight excluding hydrogens is 400 g/mol. The highest BCUT2D eigenvalue weighted by atomic mass is 32.2. The van der Waals surface area contributed by atoms with Crippen LogP contribution in [0.15, 0.2) is 101 Å². The van der Waals surface area contributed by atoms with Gasteiger partial charge in [0.25, 0.3) is 5.56 Å². The molecule has 0 bridgehead atoms. The maximum atomic E-state index is 13.4. The molecule has 4 heteroatoms. The molecule has 152 valence electrons. The third kappa shape index (κ3) is 3.75. The van der Waals surface area contributed by atoms with Crippen molar-refractivity contribution in [3.05, 3.63) is 112 Å². The standard InChI is InChI=1S/C27H22N2OS/c1-2-19-14-16-22(17-15-19)29-26(30)24-12-5-6-13-25(24)28-27(29)31-18-21-10-7-9-20-8-3-4-11-23(20)21/h3-17H,2,18H2,1H3. The Morgan fingerprint density at radius 3 is 2.32 bits per heavy atom. The molecule has 31 heavy (non-hydrogen) atoms. The van der Waals surface area contributed by atoms with Gasteiger partial charge in [0.05, 0.1) is 16.6 Å². The van der Waals surface area contributed by atoms with Crippen molar-refractivity contribution in [2.45, 2.75) is 24.3 Å². The van der Waals surface area contributed by atoms with Crippen LogP contribution in [0, 0.1) is 0 Å². The molecule has 0 aliphatic heterocycles. The summed E-state index contributed by atoms with van der Waals surface area (Å²) >= 11 is 1.60. The Labute approximate surface area is 185 Å². The highest BCUT2D eigenvalue weighted by Crippen LogP contribution is 2.28. The van der Waals surface area contributed by atoms with Gasteiger partial charge in [-0.05, 0) is 52.6 Å². The summed E-state index contributed by atoms with van der Waals surface area (Å²) in [6, 6.07) is 30.5. The molecule has 0 spiro atoms. The van der Waals surface area contributed by atoms with E-state index < -0.39 is 0 Å². The summed E-state index contributed by atoms with van der Waals surface area (Å²) in [5, 5.41) is 3.80. The fourth-order valence-electron chi connectivity index (χ4n) is 3.88. The van der Waals surface area contributed by atoms with Crippen molar-refractivity contribution in [3.8, 4) is 5.69 Å². The van der Waals surface area contributed by atoms with Crippen LogP contribution in [0.1, 0.15) is 18.1 Å². The normalized spacial score (nSPS) is 11.3. The molecule has 4 aromatic carbocycles. The van der Waals surface area contributed by atoms with Crippen molar-refractivity contribution in [2.24, 2.45) is 0 Å². The highest BCUT2D eigenvalue weighted by molar-refractivity contribution is 7.98. The summed E-state index contributed by atoms with van der Waals surface area (Å²) < 4.78 is 1.75. The van der Waals surface area contributed by atoms with Crippen LogP contribution in [0.4, 0.5) is 0 Å². The van der Waals surface area contributed by atoms with E-state index in [-0.39, 0.29) is 5.56 Å². The van der Waals surface area contributed by atoms with Gasteiger partial charge in [-0.2, -0.15) is 0 Å². The molecule has 5 aromatic rings. The second kappa shape index (κ2) is 8.40. The van der Waals surface area contributed by atoms with E-state index in [1.807, 2.05) is 36.4 Å². The number of hydrogen-bond acceptors (Lipinski definition) is 3. The number of nitrogens with zero attached hydrogens (tertiary/aromatic N) is 2. The first-order valence-electron chi connectivity index (χ1n) is 10.4.